The Labute approximate surface area is 174 Å². The molecule has 2 aromatic carbocycles. The van der Waals surface area contributed by atoms with E-state index >= 15 is 0 Å². The number of hydrogen-bond donors (Lipinski definition) is 2. The van der Waals surface area contributed by atoms with Gasteiger partial charge in [-0.2, -0.15) is 0 Å². The molecule has 2 aliphatic heterocycles. The van der Waals surface area contributed by atoms with Crippen molar-refractivity contribution in [3.05, 3.63) is 47.5 Å². The first-order valence-corrected chi connectivity index (χ1v) is 10.6. The summed E-state index contributed by atoms with van der Waals surface area (Å²) in [5, 5.41) is 6.80. The molecule has 0 aliphatic carbocycles. The average Bonchev–Trinajstić information content (AvgIpc) is 2.57. The van der Waals surface area contributed by atoms with Crippen LogP contribution in [0.4, 0.5) is 5.69 Å². The number of esters is 1. The van der Waals surface area contributed by atoms with Crippen LogP contribution in [0.2, 0.25) is 0 Å². The summed E-state index contributed by atoms with van der Waals surface area (Å²) in [5.41, 5.74) is 6.47. The molecule has 1 saturated heterocycles. The van der Waals surface area contributed by atoms with Gasteiger partial charge in [-0.25, -0.2) is 0 Å². The molecule has 0 aromatic heterocycles. The number of rotatable bonds is 3. The van der Waals surface area contributed by atoms with Crippen molar-refractivity contribution in [3.8, 4) is 16.9 Å². The summed E-state index contributed by atoms with van der Waals surface area (Å²) in [6, 6.07) is 12.6. The first kappa shape index (κ1) is 20.0. The highest BCUT2D eigenvalue weighted by atomic mass is 16.5. The van der Waals surface area contributed by atoms with Gasteiger partial charge in [-0.1, -0.05) is 52.8 Å². The molecule has 0 unspecified atom stereocenters. The van der Waals surface area contributed by atoms with Crippen molar-refractivity contribution in [2.75, 3.05) is 25.0 Å². The third-order valence-corrected chi connectivity index (χ3v) is 5.98. The number of nitrogens with one attached hydrogen (secondary N) is 2. The summed E-state index contributed by atoms with van der Waals surface area (Å²) < 4.78 is 5.66. The number of hydrogen-bond acceptors (Lipinski definition) is 4. The van der Waals surface area contributed by atoms with Crippen molar-refractivity contribution in [2.24, 2.45) is 11.3 Å². The minimum absolute atomic E-state index is 0.0282. The SMILES string of the molecule is CC1(C)CNc2c(cc(C(C)(C)C)cc2-c2cccc(OC(=O)C3CNC3)c2)C1. The summed E-state index contributed by atoms with van der Waals surface area (Å²) in [7, 11) is 0. The van der Waals surface area contributed by atoms with Crippen molar-refractivity contribution in [3.63, 3.8) is 0 Å². The van der Waals surface area contributed by atoms with Crippen molar-refractivity contribution in [1.82, 2.24) is 5.32 Å². The smallest absolute Gasteiger partial charge is 0.316 e. The zero-order valence-corrected chi connectivity index (χ0v) is 18.2. The Kier molecular flexibility index (Phi) is 4.94. The molecule has 0 saturated carbocycles. The quantitative estimate of drug-likeness (QED) is 0.584. The van der Waals surface area contributed by atoms with E-state index < -0.39 is 0 Å². The normalized spacial score (nSPS) is 18.4. The molecular weight excluding hydrogens is 360 g/mol. The van der Waals surface area contributed by atoms with Gasteiger partial charge < -0.3 is 15.4 Å². The summed E-state index contributed by atoms with van der Waals surface area (Å²) >= 11 is 0. The summed E-state index contributed by atoms with van der Waals surface area (Å²) in [4.78, 5) is 12.3. The molecule has 154 valence electrons. The Morgan fingerprint density at radius 3 is 2.55 bits per heavy atom. The molecule has 2 N–H and O–H groups in total. The minimum Gasteiger partial charge on any atom is -0.426 e. The standard InChI is InChI=1S/C25H32N2O2/c1-24(2,3)19-9-17-12-25(4,5)15-27-22(17)21(11-19)16-7-6-8-20(10-16)29-23(28)18-13-26-14-18/h6-11,18,26-27H,12-15H2,1-5H3. The first-order chi connectivity index (χ1) is 13.6. The maximum Gasteiger partial charge on any atom is 0.316 e. The van der Waals surface area contributed by atoms with Crippen LogP contribution in [0.15, 0.2) is 36.4 Å². The van der Waals surface area contributed by atoms with Crippen LogP contribution in [-0.2, 0) is 16.6 Å². The Hall–Kier alpha value is -2.33. The van der Waals surface area contributed by atoms with Gasteiger partial charge in [-0.15, -0.1) is 0 Å². The Balaban J connectivity index is 1.74. The van der Waals surface area contributed by atoms with E-state index in [-0.39, 0.29) is 22.7 Å². The molecule has 0 bridgehead atoms. The number of anilines is 1. The molecule has 0 atom stereocenters. The lowest BCUT2D eigenvalue weighted by molar-refractivity contribution is -0.140. The van der Waals surface area contributed by atoms with Gasteiger partial charge in [0.15, 0.2) is 0 Å². The van der Waals surface area contributed by atoms with Gasteiger partial charge in [0.05, 0.1) is 5.92 Å². The van der Waals surface area contributed by atoms with E-state index in [4.69, 9.17) is 4.74 Å². The van der Waals surface area contributed by atoms with Crippen LogP contribution in [0.5, 0.6) is 5.75 Å². The second-order valence-corrected chi connectivity index (χ2v) is 10.3. The fraction of sp³-hybridized carbons (Fsp3) is 0.480. The molecule has 0 spiro atoms. The maximum atomic E-state index is 12.3. The van der Waals surface area contributed by atoms with Crippen LogP contribution in [0.1, 0.15) is 45.7 Å². The van der Waals surface area contributed by atoms with Crippen LogP contribution in [-0.4, -0.2) is 25.6 Å². The summed E-state index contributed by atoms with van der Waals surface area (Å²) in [6.45, 7) is 13.7. The van der Waals surface area contributed by atoms with E-state index in [0.717, 1.165) is 18.5 Å². The number of fused-ring (bicyclic) bond motifs is 1. The zero-order valence-electron chi connectivity index (χ0n) is 18.2. The highest BCUT2D eigenvalue weighted by Gasteiger charge is 2.29. The van der Waals surface area contributed by atoms with Crippen LogP contribution in [0.25, 0.3) is 11.1 Å². The Bertz CT molecular complexity index is 936. The lowest BCUT2D eigenvalue weighted by atomic mass is 9.77. The highest BCUT2D eigenvalue weighted by Crippen LogP contribution is 2.42. The molecule has 2 aliphatic rings. The third kappa shape index (κ3) is 4.18. The lowest BCUT2D eigenvalue weighted by Gasteiger charge is -2.35. The molecule has 2 aromatic rings. The minimum atomic E-state index is -0.147. The number of carbonyl (C=O) groups excluding carboxylic acids is 1. The second-order valence-electron chi connectivity index (χ2n) is 10.3. The molecule has 4 rings (SSSR count). The Morgan fingerprint density at radius 2 is 1.90 bits per heavy atom. The van der Waals surface area contributed by atoms with Gasteiger partial charge in [0.1, 0.15) is 5.75 Å². The predicted molar refractivity (Wildman–Crippen MR) is 119 cm³/mol. The van der Waals surface area contributed by atoms with E-state index in [1.807, 2.05) is 18.2 Å². The van der Waals surface area contributed by atoms with Crippen LogP contribution in [0, 0.1) is 11.3 Å². The van der Waals surface area contributed by atoms with Gasteiger partial charge in [0.25, 0.3) is 0 Å². The fourth-order valence-electron chi connectivity index (χ4n) is 4.00. The van der Waals surface area contributed by atoms with Crippen molar-refractivity contribution >= 4 is 11.7 Å². The summed E-state index contributed by atoms with van der Waals surface area (Å²) in [6.07, 6.45) is 1.05. The predicted octanol–water partition coefficient (Wildman–Crippen LogP) is 4.77. The largest absolute Gasteiger partial charge is 0.426 e. The second kappa shape index (κ2) is 7.17. The Morgan fingerprint density at radius 1 is 1.14 bits per heavy atom. The number of carbonyl (C=O) groups is 1. The van der Waals surface area contributed by atoms with E-state index in [0.29, 0.717) is 18.8 Å². The first-order valence-electron chi connectivity index (χ1n) is 10.6. The molecule has 4 heteroatoms. The summed E-state index contributed by atoms with van der Waals surface area (Å²) in [5.74, 6) is 0.441. The van der Waals surface area contributed by atoms with Gasteiger partial charge in [-0.05, 0) is 52.1 Å². The topological polar surface area (TPSA) is 50.4 Å². The van der Waals surface area contributed by atoms with E-state index in [2.05, 4.69) is 63.5 Å². The third-order valence-electron chi connectivity index (χ3n) is 5.98. The monoisotopic (exact) mass is 392 g/mol. The molecule has 29 heavy (non-hydrogen) atoms. The molecule has 1 fully saturated rings. The highest BCUT2D eigenvalue weighted by molar-refractivity contribution is 5.83. The average molecular weight is 393 g/mol. The van der Waals surface area contributed by atoms with Crippen LogP contribution in [0.3, 0.4) is 0 Å². The van der Waals surface area contributed by atoms with E-state index in [9.17, 15) is 4.79 Å². The molecule has 0 radical (unpaired) electrons. The molecule has 4 nitrogen and oxygen atoms in total. The molecular formula is C25H32N2O2. The number of ether oxygens (including phenoxy) is 1. The van der Waals surface area contributed by atoms with E-state index in [1.165, 1.54) is 22.4 Å². The molecule has 2 heterocycles. The lowest BCUT2D eigenvalue weighted by Crippen LogP contribution is -2.48. The maximum absolute atomic E-state index is 12.3. The van der Waals surface area contributed by atoms with Gasteiger partial charge >= 0.3 is 5.97 Å². The van der Waals surface area contributed by atoms with Gasteiger partial charge in [0.2, 0.25) is 0 Å². The van der Waals surface area contributed by atoms with Gasteiger partial charge in [0, 0.05) is 30.9 Å². The van der Waals surface area contributed by atoms with Crippen molar-refractivity contribution in [2.45, 2.75) is 46.5 Å². The van der Waals surface area contributed by atoms with Crippen LogP contribution >= 0.6 is 0 Å². The zero-order chi connectivity index (χ0) is 20.8. The fourth-order valence-corrected chi connectivity index (χ4v) is 4.00. The van der Waals surface area contributed by atoms with E-state index in [1.54, 1.807) is 0 Å². The van der Waals surface area contributed by atoms with Crippen molar-refractivity contribution in [1.29, 1.82) is 0 Å². The van der Waals surface area contributed by atoms with Gasteiger partial charge in [-0.3, -0.25) is 4.79 Å². The number of benzene rings is 2. The van der Waals surface area contributed by atoms with Crippen molar-refractivity contribution < 1.29 is 9.53 Å². The van der Waals surface area contributed by atoms with Crippen LogP contribution < -0.4 is 15.4 Å². The molecule has 0 amide bonds.